The Hall–Kier alpha value is -2.08. The molecular weight excluding hydrogens is 332 g/mol. The van der Waals surface area contributed by atoms with Gasteiger partial charge in [-0.3, -0.25) is 4.79 Å². The molecule has 1 amide bonds. The van der Waals surface area contributed by atoms with Crippen molar-refractivity contribution in [1.82, 2.24) is 4.90 Å². The molecule has 0 aliphatic heterocycles. The molecule has 128 valence electrons. The van der Waals surface area contributed by atoms with Crippen LogP contribution < -0.4 is 4.74 Å². The lowest BCUT2D eigenvalue weighted by Crippen LogP contribution is -2.32. The Balaban J connectivity index is 1.73. The molecule has 24 heavy (non-hydrogen) atoms. The maximum Gasteiger partial charge on any atom is 0.232 e. The van der Waals surface area contributed by atoms with Crippen molar-refractivity contribution in [3.63, 3.8) is 0 Å². The average molecular weight is 351 g/mol. The first-order chi connectivity index (χ1) is 11.5. The van der Waals surface area contributed by atoms with Crippen LogP contribution in [0.1, 0.15) is 5.56 Å². The number of aryl methyl sites for hydroxylation is 1. The second-order valence-electron chi connectivity index (χ2n) is 5.34. The highest BCUT2D eigenvalue weighted by atomic mass is 32.2. The first-order valence-electron chi connectivity index (χ1n) is 7.47. The highest BCUT2D eigenvalue weighted by Gasteiger charge is 2.10. The minimum atomic E-state index is -0.910. The molecule has 0 saturated carbocycles. The fourth-order valence-electron chi connectivity index (χ4n) is 1.88. The molecule has 0 heterocycles. The van der Waals surface area contributed by atoms with Crippen LogP contribution in [0.5, 0.6) is 5.75 Å². The third-order valence-electron chi connectivity index (χ3n) is 3.40. The van der Waals surface area contributed by atoms with Crippen molar-refractivity contribution in [1.29, 1.82) is 0 Å². The number of carbonyl (C=O) groups is 1. The summed E-state index contributed by atoms with van der Waals surface area (Å²) < 4.78 is 31.6. The van der Waals surface area contributed by atoms with Crippen molar-refractivity contribution < 1.29 is 18.3 Å². The van der Waals surface area contributed by atoms with E-state index in [-0.39, 0.29) is 11.7 Å². The molecule has 0 atom stereocenters. The Morgan fingerprint density at radius 1 is 1.12 bits per heavy atom. The molecule has 0 spiro atoms. The standard InChI is InChI=1S/C18H19F2NO2S/c1-13-3-5-14(6-4-13)23-10-9-21(2)18(22)12-24-15-7-8-16(19)17(20)11-15/h3-8,11H,9-10,12H2,1-2H3. The number of carbonyl (C=O) groups excluding carboxylic acids is 1. The second-order valence-corrected chi connectivity index (χ2v) is 6.39. The Kier molecular flexibility index (Phi) is 6.61. The number of halogens is 2. The van der Waals surface area contributed by atoms with Crippen molar-refractivity contribution in [3.8, 4) is 5.75 Å². The minimum absolute atomic E-state index is 0.0998. The van der Waals surface area contributed by atoms with Gasteiger partial charge in [-0.2, -0.15) is 0 Å². The fraction of sp³-hybridized carbons (Fsp3) is 0.278. The zero-order chi connectivity index (χ0) is 17.5. The molecular formula is C18H19F2NO2S. The van der Waals surface area contributed by atoms with E-state index in [9.17, 15) is 13.6 Å². The molecule has 0 bridgehead atoms. The van der Waals surface area contributed by atoms with E-state index >= 15 is 0 Å². The van der Waals surface area contributed by atoms with Crippen LogP contribution >= 0.6 is 11.8 Å². The lowest BCUT2D eigenvalue weighted by Gasteiger charge is -2.17. The van der Waals surface area contributed by atoms with Gasteiger partial charge in [-0.05, 0) is 37.3 Å². The van der Waals surface area contributed by atoms with Crippen LogP contribution in [-0.4, -0.2) is 36.8 Å². The third kappa shape index (κ3) is 5.53. The number of nitrogens with zero attached hydrogens (tertiary/aromatic N) is 1. The van der Waals surface area contributed by atoms with E-state index in [4.69, 9.17) is 4.74 Å². The van der Waals surface area contributed by atoms with Gasteiger partial charge < -0.3 is 9.64 Å². The molecule has 0 saturated heterocycles. The van der Waals surface area contributed by atoms with Gasteiger partial charge in [0.2, 0.25) is 5.91 Å². The Morgan fingerprint density at radius 3 is 2.50 bits per heavy atom. The first kappa shape index (κ1) is 18.3. The molecule has 0 fully saturated rings. The summed E-state index contributed by atoms with van der Waals surface area (Å²) in [5.41, 5.74) is 1.16. The molecule has 0 unspecified atom stereocenters. The van der Waals surface area contributed by atoms with Crippen molar-refractivity contribution in [2.45, 2.75) is 11.8 Å². The number of thioether (sulfide) groups is 1. The van der Waals surface area contributed by atoms with E-state index in [1.807, 2.05) is 31.2 Å². The molecule has 2 aromatic carbocycles. The highest BCUT2D eigenvalue weighted by molar-refractivity contribution is 8.00. The van der Waals surface area contributed by atoms with Gasteiger partial charge in [0, 0.05) is 11.9 Å². The van der Waals surface area contributed by atoms with Gasteiger partial charge in [-0.15, -0.1) is 11.8 Å². The monoisotopic (exact) mass is 351 g/mol. The van der Waals surface area contributed by atoms with E-state index in [1.165, 1.54) is 17.8 Å². The number of benzene rings is 2. The number of hydrogen-bond acceptors (Lipinski definition) is 3. The zero-order valence-electron chi connectivity index (χ0n) is 13.6. The smallest absolute Gasteiger partial charge is 0.232 e. The quantitative estimate of drug-likeness (QED) is 0.709. The predicted molar refractivity (Wildman–Crippen MR) is 91.4 cm³/mol. The summed E-state index contributed by atoms with van der Waals surface area (Å²) >= 11 is 1.17. The van der Waals surface area contributed by atoms with Crippen LogP contribution in [0.15, 0.2) is 47.4 Å². The number of rotatable bonds is 7. The molecule has 0 aromatic heterocycles. The van der Waals surface area contributed by atoms with Crippen molar-refractivity contribution in [2.75, 3.05) is 26.0 Å². The summed E-state index contributed by atoms with van der Waals surface area (Å²) in [6, 6.07) is 11.3. The number of amides is 1. The van der Waals surface area contributed by atoms with Gasteiger partial charge in [0.05, 0.1) is 12.3 Å². The summed E-state index contributed by atoms with van der Waals surface area (Å²) in [6.07, 6.45) is 0. The summed E-state index contributed by atoms with van der Waals surface area (Å²) in [6.45, 7) is 2.84. The van der Waals surface area contributed by atoms with Gasteiger partial charge >= 0.3 is 0 Å². The van der Waals surface area contributed by atoms with Crippen LogP contribution in [-0.2, 0) is 4.79 Å². The molecule has 0 aliphatic carbocycles. The van der Waals surface area contributed by atoms with Crippen molar-refractivity contribution >= 4 is 17.7 Å². The zero-order valence-corrected chi connectivity index (χ0v) is 14.4. The summed E-state index contributed by atoms with van der Waals surface area (Å²) in [5, 5.41) is 0. The Bertz CT molecular complexity index is 692. The van der Waals surface area contributed by atoms with E-state index in [0.29, 0.717) is 18.0 Å². The lowest BCUT2D eigenvalue weighted by molar-refractivity contribution is -0.127. The molecule has 6 heteroatoms. The summed E-state index contributed by atoms with van der Waals surface area (Å²) in [5.74, 6) is -0.982. The molecule has 2 rings (SSSR count). The van der Waals surface area contributed by atoms with Gasteiger partial charge in [0.25, 0.3) is 0 Å². The predicted octanol–water partition coefficient (Wildman–Crippen LogP) is 3.90. The van der Waals surface area contributed by atoms with Crippen molar-refractivity contribution in [2.24, 2.45) is 0 Å². The van der Waals surface area contributed by atoms with Gasteiger partial charge in [0.15, 0.2) is 11.6 Å². The largest absolute Gasteiger partial charge is 0.492 e. The van der Waals surface area contributed by atoms with E-state index in [0.717, 1.165) is 23.4 Å². The first-order valence-corrected chi connectivity index (χ1v) is 8.45. The Morgan fingerprint density at radius 2 is 1.83 bits per heavy atom. The topological polar surface area (TPSA) is 29.5 Å². The SMILES string of the molecule is Cc1ccc(OCCN(C)C(=O)CSc2ccc(F)c(F)c2)cc1. The number of hydrogen-bond donors (Lipinski definition) is 0. The maximum absolute atomic E-state index is 13.1. The van der Waals surface area contributed by atoms with E-state index in [1.54, 1.807) is 11.9 Å². The van der Waals surface area contributed by atoms with Gasteiger partial charge in [-0.1, -0.05) is 17.7 Å². The van der Waals surface area contributed by atoms with Gasteiger partial charge in [0.1, 0.15) is 12.4 Å². The molecule has 3 nitrogen and oxygen atoms in total. The van der Waals surface area contributed by atoms with E-state index < -0.39 is 11.6 Å². The number of likely N-dealkylation sites (N-methyl/N-ethyl adjacent to an activating group) is 1. The third-order valence-corrected chi connectivity index (χ3v) is 4.37. The molecule has 0 radical (unpaired) electrons. The van der Waals surface area contributed by atoms with Crippen LogP contribution in [0.4, 0.5) is 8.78 Å². The molecule has 0 aliphatic rings. The number of ether oxygens (including phenoxy) is 1. The maximum atomic E-state index is 13.1. The minimum Gasteiger partial charge on any atom is -0.492 e. The molecule has 0 N–H and O–H groups in total. The van der Waals surface area contributed by atoms with Crippen LogP contribution in [0.25, 0.3) is 0 Å². The summed E-state index contributed by atoms with van der Waals surface area (Å²) in [7, 11) is 1.69. The second kappa shape index (κ2) is 8.68. The highest BCUT2D eigenvalue weighted by Crippen LogP contribution is 2.20. The Labute approximate surface area is 144 Å². The van der Waals surface area contributed by atoms with Crippen LogP contribution in [0.3, 0.4) is 0 Å². The van der Waals surface area contributed by atoms with E-state index in [2.05, 4.69) is 0 Å². The van der Waals surface area contributed by atoms with Crippen LogP contribution in [0.2, 0.25) is 0 Å². The summed E-state index contributed by atoms with van der Waals surface area (Å²) in [4.78, 5) is 14.1. The van der Waals surface area contributed by atoms with Crippen molar-refractivity contribution in [3.05, 3.63) is 59.7 Å². The fourth-order valence-corrected chi connectivity index (χ4v) is 2.74. The normalized spacial score (nSPS) is 10.5. The van der Waals surface area contributed by atoms with Gasteiger partial charge in [-0.25, -0.2) is 8.78 Å². The lowest BCUT2D eigenvalue weighted by atomic mass is 10.2. The molecule has 2 aromatic rings. The average Bonchev–Trinajstić information content (AvgIpc) is 2.57. The van der Waals surface area contributed by atoms with Crippen LogP contribution in [0, 0.1) is 18.6 Å².